The Kier molecular flexibility index (Phi) is 4.71. The summed E-state index contributed by atoms with van der Waals surface area (Å²) < 4.78 is 5.15. The predicted octanol–water partition coefficient (Wildman–Crippen LogP) is 4.65. The van der Waals surface area contributed by atoms with Gasteiger partial charge in [-0.2, -0.15) is 0 Å². The van der Waals surface area contributed by atoms with Gasteiger partial charge in [0.2, 0.25) is 0 Å². The standard InChI is InChI=1S/C14H12Cl2N2O2/c1-20-12-8-3-2-6-10(12)17-14(19)18-11-7-4-5-9(15)13(11)16/h2-8H,1H3,(H2,17,18,19). The minimum absolute atomic E-state index is 0.296. The number of halogens is 2. The Hall–Kier alpha value is -1.91. The van der Waals surface area contributed by atoms with E-state index in [2.05, 4.69) is 10.6 Å². The number of rotatable bonds is 3. The Bertz CT molecular complexity index is 632. The molecule has 0 aliphatic rings. The van der Waals surface area contributed by atoms with Crippen LogP contribution < -0.4 is 15.4 Å². The lowest BCUT2D eigenvalue weighted by molar-refractivity contribution is 0.262. The van der Waals surface area contributed by atoms with Crippen LogP contribution in [0.15, 0.2) is 42.5 Å². The average molecular weight is 311 g/mol. The van der Waals surface area contributed by atoms with Crippen LogP contribution in [0.4, 0.5) is 16.2 Å². The fraction of sp³-hybridized carbons (Fsp3) is 0.0714. The first kappa shape index (κ1) is 14.5. The number of amides is 2. The average Bonchev–Trinajstić information content (AvgIpc) is 2.44. The molecular formula is C14H12Cl2N2O2. The third kappa shape index (κ3) is 3.35. The summed E-state index contributed by atoms with van der Waals surface area (Å²) in [7, 11) is 1.53. The molecule has 4 nitrogen and oxygen atoms in total. The summed E-state index contributed by atoms with van der Waals surface area (Å²) in [5.41, 5.74) is 0.997. The number of urea groups is 1. The summed E-state index contributed by atoms with van der Waals surface area (Å²) in [5.74, 6) is 0.569. The number of anilines is 2. The van der Waals surface area contributed by atoms with E-state index in [1.807, 2.05) is 6.07 Å². The highest BCUT2D eigenvalue weighted by Gasteiger charge is 2.10. The predicted molar refractivity (Wildman–Crippen MR) is 82.1 cm³/mol. The normalized spacial score (nSPS) is 9.95. The van der Waals surface area contributed by atoms with Crippen molar-refractivity contribution in [2.75, 3.05) is 17.7 Å². The first-order valence-corrected chi connectivity index (χ1v) is 6.52. The maximum atomic E-state index is 11.9. The van der Waals surface area contributed by atoms with E-state index in [9.17, 15) is 4.79 Å². The van der Waals surface area contributed by atoms with E-state index in [4.69, 9.17) is 27.9 Å². The van der Waals surface area contributed by atoms with Gasteiger partial charge in [0.25, 0.3) is 0 Å². The van der Waals surface area contributed by atoms with Gasteiger partial charge < -0.3 is 15.4 Å². The van der Waals surface area contributed by atoms with Crippen LogP contribution in [-0.2, 0) is 0 Å². The molecule has 20 heavy (non-hydrogen) atoms. The highest BCUT2D eigenvalue weighted by Crippen LogP contribution is 2.30. The molecule has 104 valence electrons. The smallest absolute Gasteiger partial charge is 0.323 e. The van der Waals surface area contributed by atoms with Crippen molar-refractivity contribution in [3.05, 3.63) is 52.5 Å². The fourth-order valence-electron chi connectivity index (χ4n) is 1.62. The molecule has 0 aromatic heterocycles. The molecule has 0 saturated heterocycles. The zero-order valence-corrected chi connectivity index (χ0v) is 12.1. The zero-order valence-electron chi connectivity index (χ0n) is 10.6. The molecule has 2 aromatic carbocycles. The van der Waals surface area contributed by atoms with Crippen LogP contribution in [0.25, 0.3) is 0 Å². The summed E-state index contributed by atoms with van der Waals surface area (Å²) >= 11 is 11.9. The van der Waals surface area contributed by atoms with Crippen molar-refractivity contribution >= 4 is 40.6 Å². The number of hydrogen-bond donors (Lipinski definition) is 2. The molecule has 0 saturated carbocycles. The van der Waals surface area contributed by atoms with Crippen LogP contribution in [0.1, 0.15) is 0 Å². The molecule has 0 spiro atoms. The van der Waals surface area contributed by atoms with Crippen LogP contribution in [0.3, 0.4) is 0 Å². The van der Waals surface area contributed by atoms with E-state index in [1.54, 1.807) is 36.4 Å². The lowest BCUT2D eigenvalue weighted by Gasteiger charge is -2.12. The monoisotopic (exact) mass is 310 g/mol. The summed E-state index contributed by atoms with van der Waals surface area (Å²) in [4.78, 5) is 11.9. The quantitative estimate of drug-likeness (QED) is 0.867. The lowest BCUT2D eigenvalue weighted by atomic mass is 10.3. The fourth-order valence-corrected chi connectivity index (χ4v) is 1.97. The molecule has 2 rings (SSSR count). The first-order chi connectivity index (χ1) is 9.61. The second-order valence-electron chi connectivity index (χ2n) is 3.88. The first-order valence-electron chi connectivity index (χ1n) is 5.77. The molecule has 0 bridgehead atoms. The number of para-hydroxylation sites is 2. The molecular weight excluding hydrogens is 299 g/mol. The zero-order chi connectivity index (χ0) is 14.5. The Morgan fingerprint density at radius 3 is 2.40 bits per heavy atom. The van der Waals surface area contributed by atoms with Crippen molar-refractivity contribution in [1.29, 1.82) is 0 Å². The van der Waals surface area contributed by atoms with Gasteiger partial charge in [-0.25, -0.2) is 4.79 Å². The molecule has 2 N–H and O–H groups in total. The number of ether oxygens (including phenoxy) is 1. The van der Waals surface area contributed by atoms with Crippen molar-refractivity contribution in [2.24, 2.45) is 0 Å². The largest absolute Gasteiger partial charge is 0.495 e. The molecule has 2 aromatic rings. The minimum atomic E-state index is -0.432. The van der Waals surface area contributed by atoms with Crippen LogP contribution >= 0.6 is 23.2 Å². The third-order valence-electron chi connectivity index (χ3n) is 2.55. The van der Waals surface area contributed by atoms with Crippen LogP contribution in [0, 0.1) is 0 Å². The molecule has 2 amide bonds. The van der Waals surface area contributed by atoms with Gasteiger partial charge in [-0.1, -0.05) is 41.4 Å². The second kappa shape index (κ2) is 6.50. The maximum Gasteiger partial charge on any atom is 0.323 e. The Balaban J connectivity index is 2.11. The molecule has 6 heteroatoms. The minimum Gasteiger partial charge on any atom is -0.495 e. The van der Waals surface area contributed by atoms with E-state index in [-0.39, 0.29) is 0 Å². The van der Waals surface area contributed by atoms with Crippen molar-refractivity contribution in [1.82, 2.24) is 0 Å². The second-order valence-corrected chi connectivity index (χ2v) is 4.67. The van der Waals surface area contributed by atoms with Crippen molar-refractivity contribution < 1.29 is 9.53 Å². The van der Waals surface area contributed by atoms with E-state index >= 15 is 0 Å². The van der Waals surface area contributed by atoms with Gasteiger partial charge in [0.05, 0.1) is 28.5 Å². The maximum absolute atomic E-state index is 11.9. The van der Waals surface area contributed by atoms with Gasteiger partial charge in [0.15, 0.2) is 0 Å². The van der Waals surface area contributed by atoms with Gasteiger partial charge in [0.1, 0.15) is 5.75 Å². The Morgan fingerprint density at radius 2 is 1.65 bits per heavy atom. The molecule has 0 aliphatic heterocycles. The van der Waals surface area contributed by atoms with E-state index in [1.165, 1.54) is 7.11 Å². The molecule has 0 unspecified atom stereocenters. The van der Waals surface area contributed by atoms with Crippen molar-refractivity contribution in [2.45, 2.75) is 0 Å². The summed E-state index contributed by atoms with van der Waals surface area (Å²) in [6.45, 7) is 0. The number of carbonyl (C=O) groups is 1. The SMILES string of the molecule is COc1ccccc1NC(=O)Nc1cccc(Cl)c1Cl. The van der Waals surface area contributed by atoms with Gasteiger partial charge >= 0.3 is 6.03 Å². The molecule has 0 atom stereocenters. The summed E-state index contributed by atoms with van der Waals surface area (Å²) in [6.07, 6.45) is 0. The van der Waals surface area contributed by atoms with Gasteiger partial charge in [-0.3, -0.25) is 0 Å². The van der Waals surface area contributed by atoms with Gasteiger partial charge in [-0.05, 0) is 24.3 Å². The van der Waals surface area contributed by atoms with Gasteiger partial charge in [0, 0.05) is 0 Å². The lowest BCUT2D eigenvalue weighted by Crippen LogP contribution is -2.20. The van der Waals surface area contributed by atoms with Gasteiger partial charge in [-0.15, -0.1) is 0 Å². The molecule has 0 fully saturated rings. The van der Waals surface area contributed by atoms with Crippen LogP contribution in [-0.4, -0.2) is 13.1 Å². The third-order valence-corrected chi connectivity index (χ3v) is 3.37. The number of benzene rings is 2. The molecule has 0 aliphatic carbocycles. The molecule has 0 heterocycles. The van der Waals surface area contributed by atoms with E-state index in [0.29, 0.717) is 27.2 Å². The van der Waals surface area contributed by atoms with E-state index < -0.39 is 6.03 Å². The van der Waals surface area contributed by atoms with Crippen LogP contribution in [0.2, 0.25) is 10.0 Å². The topological polar surface area (TPSA) is 50.4 Å². The number of nitrogens with one attached hydrogen (secondary N) is 2. The van der Waals surface area contributed by atoms with E-state index in [0.717, 1.165) is 0 Å². The highest BCUT2D eigenvalue weighted by atomic mass is 35.5. The Morgan fingerprint density at radius 1 is 1.00 bits per heavy atom. The summed E-state index contributed by atoms with van der Waals surface area (Å²) in [5, 5.41) is 5.98. The number of carbonyl (C=O) groups excluding carboxylic acids is 1. The number of hydrogen-bond acceptors (Lipinski definition) is 2. The number of methoxy groups -OCH3 is 1. The van der Waals surface area contributed by atoms with Crippen LogP contribution in [0.5, 0.6) is 5.75 Å². The summed E-state index contributed by atoms with van der Waals surface area (Å²) in [6, 6.07) is 11.7. The molecule has 0 radical (unpaired) electrons. The Labute approximate surface area is 126 Å². The van der Waals surface area contributed by atoms with Crippen molar-refractivity contribution in [3.8, 4) is 5.75 Å². The van der Waals surface area contributed by atoms with Crippen molar-refractivity contribution in [3.63, 3.8) is 0 Å². The highest BCUT2D eigenvalue weighted by molar-refractivity contribution is 6.44.